The predicted octanol–water partition coefficient (Wildman–Crippen LogP) is -13.2. The van der Waals surface area contributed by atoms with Gasteiger partial charge in [0, 0.05) is 0 Å². The average molecular weight is 219 g/mol. The standard InChI is InChI=1S/ClH.3Na.H2O4S.H2O/c;;;;1-5(2,3)4;/h1H;;;;(H2,1,2,3,4);1H2/q;3*+1;;/p-3. The Hall–Kier alpha value is 3.12. The molecule has 0 radical (unpaired) electrons. The minimum Gasteiger partial charge on any atom is -1.00 e. The molecule has 10 heavy (non-hydrogen) atoms. The van der Waals surface area contributed by atoms with E-state index in [4.69, 9.17) is 17.5 Å². The number of hydrogen-bond acceptors (Lipinski definition) is 4. The molecule has 10 heteroatoms. The minimum absolute atomic E-state index is 0. The van der Waals surface area contributed by atoms with E-state index in [1.54, 1.807) is 0 Å². The van der Waals surface area contributed by atoms with Crippen molar-refractivity contribution in [3.8, 4) is 0 Å². The molecule has 0 atom stereocenters. The van der Waals surface area contributed by atoms with Crippen LogP contribution >= 0.6 is 0 Å². The van der Waals surface area contributed by atoms with Crippen molar-refractivity contribution in [3.05, 3.63) is 0 Å². The molecule has 0 heterocycles. The molecule has 0 rings (SSSR count). The van der Waals surface area contributed by atoms with Crippen molar-refractivity contribution in [2.45, 2.75) is 0 Å². The Labute approximate surface area is 132 Å². The van der Waals surface area contributed by atoms with Gasteiger partial charge < -0.3 is 22.4 Å². The molecule has 5 nitrogen and oxygen atoms in total. The molecule has 0 fully saturated rings. The Balaban J connectivity index is -0.00000000800. The number of hydrogen-bond donors (Lipinski definition) is 1. The number of halogens is 1. The predicted molar refractivity (Wildman–Crippen MR) is 14.3 cm³/mol. The van der Waals surface area contributed by atoms with Crippen molar-refractivity contribution >= 4 is 10.4 Å². The largest absolute Gasteiger partial charge is 1.00 e. The first-order chi connectivity index (χ1) is 2.00. The van der Waals surface area contributed by atoms with E-state index in [0.29, 0.717) is 0 Å². The van der Waals surface area contributed by atoms with E-state index in [2.05, 4.69) is 0 Å². The molecule has 0 spiro atoms. The molecule has 0 aromatic rings. The zero-order chi connectivity index (χ0) is 4.50. The first-order valence-corrected chi connectivity index (χ1v) is 2.05. The topological polar surface area (TPSA) is 107 Å². The third-order valence-electron chi connectivity index (χ3n) is 0. The summed E-state index contributed by atoms with van der Waals surface area (Å²) in [5, 5.41) is 0. The summed E-state index contributed by atoms with van der Waals surface area (Å²) in [6.07, 6.45) is 0. The van der Waals surface area contributed by atoms with Gasteiger partial charge in [0.1, 0.15) is 0 Å². The molecule has 0 saturated heterocycles. The van der Waals surface area contributed by atoms with Gasteiger partial charge in [-0.25, -0.2) is 8.42 Å². The molecule has 0 aliphatic carbocycles. The smallest absolute Gasteiger partial charge is 1.00 e. The molecule has 0 aliphatic rings. The Bertz CT molecular complexity index is 100. The van der Waals surface area contributed by atoms with E-state index in [1.165, 1.54) is 0 Å². The van der Waals surface area contributed by atoms with Crippen molar-refractivity contribution in [1.29, 1.82) is 0 Å². The molecule has 0 aliphatic heterocycles. The van der Waals surface area contributed by atoms with Crippen molar-refractivity contribution < 1.29 is 124 Å². The second-order valence-corrected chi connectivity index (χ2v) is 1.28. The molecule has 2 N–H and O–H groups in total. The molecule has 0 unspecified atom stereocenters. The van der Waals surface area contributed by atoms with Crippen molar-refractivity contribution in [2.24, 2.45) is 0 Å². The quantitative estimate of drug-likeness (QED) is 0.247. The van der Waals surface area contributed by atoms with E-state index < -0.39 is 10.4 Å². The summed E-state index contributed by atoms with van der Waals surface area (Å²) in [5.41, 5.74) is 0. The molecular formula is H2ClNa3O5S. The summed E-state index contributed by atoms with van der Waals surface area (Å²) in [7, 11) is -4.92. The van der Waals surface area contributed by atoms with Crippen LogP contribution in [0.1, 0.15) is 0 Å². The SMILES string of the molecule is O=S(=O)([O-])O.[Cl-].[Na+].[Na+].[Na+].[OH-]. The van der Waals surface area contributed by atoms with Crippen LogP contribution in [-0.4, -0.2) is 23.0 Å². The normalized spacial score (nSPS) is 5.80. The van der Waals surface area contributed by atoms with E-state index in [1.807, 2.05) is 0 Å². The van der Waals surface area contributed by atoms with Crippen LogP contribution in [0, 0.1) is 0 Å². The maximum absolute atomic E-state index is 8.63. The second-order valence-electron chi connectivity index (χ2n) is 0.428. The van der Waals surface area contributed by atoms with Crippen LogP contribution in [0.2, 0.25) is 0 Å². The zero-order valence-corrected chi connectivity index (χ0v) is 13.5. The van der Waals surface area contributed by atoms with Gasteiger partial charge in [-0.2, -0.15) is 0 Å². The summed E-state index contributed by atoms with van der Waals surface area (Å²) in [6.45, 7) is 0. The Morgan fingerprint density at radius 2 is 1.10 bits per heavy atom. The third kappa shape index (κ3) is 117. The van der Waals surface area contributed by atoms with Crippen LogP contribution in [-0.2, 0) is 10.4 Å². The van der Waals surface area contributed by atoms with Gasteiger partial charge in [-0.05, 0) is 0 Å². The molecule has 0 aromatic carbocycles. The van der Waals surface area contributed by atoms with Crippen LogP contribution < -0.4 is 101 Å². The second kappa shape index (κ2) is 18.0. The average Bonchev–Trinajstić information content (AvgIpc) is 0.722. The Morgan fingerprint density at radius 3 is 1.10 bits per heavy atom. The van der Waals surface area contributed by atoms with Gasteiger partial charge in [0.05, 0.1) is 0 Å². The first kappa shape index (κ1) is 38.0. The van der Waals surface area contributed by atoms with Gasteiger partial charge in [0.2, 0.25) is 10.4 Å². The van der Waals surface area contributed by atoms with Crippen molar-refractivity contribution in [1.82, 2.24) is 0 Å². The third-order valence-corrected chi connectivity index (χ3v) is 0. The molecule has 0 saturated carbocycles. The molecule has 0 amide bonds. The fourth-order valence-corrected chi connectivity index (χ4v) is 0. The van der Waals surface area contributed by atoms with Gasteiger partial charge in [-0.15, -0.1) is 0 Å². The van der Waals surface area contributed by atoms with E-state index in [0.717, 1.165) is 0 Å². The minimum atomic E-state index is -4.92. The van der Waals surface area contributed by atoms with Crippen LogP contribution in [0.3, 0.4) is 0 Å². The van der Waals surface area contributed by atoms with E-state index >= 15 is 0 Å². The molecule has 0 aromatic heterocycles. The monoisotopic (exact) mass is 218 g/mol. The summed E-state index contributed by atoms with van der Waals surface area (Å²) >= 11 is 0. The van der Waals surface area contributed by atoms with Crippen LogP contribution in [0.4, 0.5) is 0 Å². The van der Waals surface area contributed by atoms with Gasteiger partial charge in [-0.3, -0.25) is 4.55 Å². The summed E-state index contributed by atoms with van der Waals surface area (Å²) in [6, 6.07) is 0. The maximum Gasteiger partial charge on any atom is 1.00 e. The first-order valence-electron chi connectivity index (χ1n) is 0.683. The van der Waals surface area contributed by atoms with Gasteiger partial charge in [-0.1, -0.05) is 0 Å². The van der Waals surface area contributed by atoms with Gasteiger partial charge in [0.25, 0.3) is 0 Å². The van der Waals surface area contributed by atoms with Crippen LogP contribution in [0.5, 0.6) is 0 Å². The molecular weight excluding hydrogens is 216 g/mol. The molecule has 0 bridgehead atoms. The fraction of sp³-hybridized carbons (Fsp3) is 0. The number of rotatable bonds is 0. The fourth-order valence-electron chi connectivity index (χ4n) is 0. The summed E-state index contributed by atoms with van der Waals surface area (Å²) < 4.78 is 32.8. The van der Waals surface area contributed by atoms with Gasteiger partial charge in [0.15, 0.2) is 0 Å². The van der Waals surface area contributed by atoms with Gasteiger partial charge >= 0.3 is 88.7 Å². The summed E-state index contributed by atoms with van der Waals surface area (Å²) in [4.78, 5) is 0. The maximum atomic E-state index is 8.63. The molecule has 48 valence electrons. The van der Waals surface area contributed by atoms with Crippen molar-refractivity contribution in [2.75, 3.05) is 0 Å². The van der Waals surface area contributed by atoms with Crippen molar-refractivity contribution in [3.63, 3.8) is 0 Å². The Morgan fingerprint density at radius 1 is 1.10 bits per heavy atom. The summed E-state index contributed by atoms with van der Waals surface area (Å²) in [5.74, 6) is 0. The van der Waals surface area contributed by atoms with E-state index in [-0.39, 0.29) is 107 Å². The Kier molecular flexibility index (Phi) is 68.5. The van der Waals surface area contributed by atoms with E-state index in [9.17, 15) is 0 Å². The zero-order valence-electron chi connectivity index (χ0n) is 5.91. The van der Waals surface area contributed by atoms with Crippen LogP contribution in [0.15, 0.2) is 0 Å². The van der Waals surface area contributed by atoms with Crippen LogP contribution in [0.25, 0.3) is 0 Å².